The number of fused-ring (bicyclic) bond motifs is 1. The van der Waals surface area contributed by atoms with Gasteiger partial charge in [-0.05, 0) is 36.6 Å². The highest BCUT2D eigenvalue weighted by Crippen LogP contribution is 2.33. The van der Waals surface area contributed by atoms with E-state index in [0.29, 0.717) is 11.6 Å². The standard InChI is InChI=1S/C18H15N5S/c1-24-13-6-4-5-12(11-13)17-16(14-7-2-3-9-20-14)22-18-21-15(19)8-10-23(17)18/h2-11H,1H3,(H2,19,21,22). The van der Waals surface area contributed by atoms with Gasteiger partial charge in [-0.15, -0.1) is 11.8 Å². The Kier molecular flexibility index (Phi) is 3.66. The Hall–Kier alpha value is -2.86. The fourth-order valence-corrected chi connectivity index (χ4v) is 3.13. The van der Waals surface area contributed by atoms with Crippen molar-refractivity contribution in [1.29, 1.82) is 0 Å². The van der Waals surface area contributed by atoms with Gasteiger partial charge in [0.15, 0.2) is 0 Å². The normalized spacial score (nSPS) is 11.0. The molecule has 0 aliphatic carbocycles. The summed E-state index contributed by atoms with van der Waals surface area (Å²) in [6, 6.07) is 15.9. The number of imidazole rings is 1. The molecule has 0 bridgehead atoms. The minimum atomic E-state index is 0.449. The number of nitrogens with two attached hydrogens (primary N) is 1. The van der Waals surface area contributed by atoms with Crippen LogP contribution < -0.4 is 5.73 Å². The smallest absolute Gasteiger partial charge is 0.236 e. The maximum Gasteiger partial charge on any atom is 0.236 e. The molecule has 0 saturated carbocycles. The van der Waals surface area contributed by atoms with Crippen LogP contribution in [-0.4, -0.2) is 25.6 Å². The third-order valence-electron chi connectivity index (χ3n) is 3.77. The van der Waals surface area contributed by atoms with Gasteiger partial charge in [0, 0.05) is 22.9 Å². The molecule has 2 N–H and O–H groups in total. The molecule has 0 saturated heterocycles. The van der Waals surface area contributed by atoms with E-state index in [1.54, 1.807) is 24.0 Å². The third-order valence-corrected chi connectivity index (χ3v) is 4.49. The molecule has 4 aromatic rings. The Morgan fingerprint density at radius 3 is 2.75 bits per heavy atom. The van der Waals surface area contributed by atoms with Gasteiger partial charge in [-0.1, -0.05) is 18.2 Å². The number of thioether (sulfide) groups is 1. The molecule has 0 unspecified atom stereocenters. The lowest BCUT2D eigenvalue weighted by Gasteiger charge is -2.07. The third kappa shape index (κ3) is 2.51. The number of hydrogen-bond donors (Lipinski definition) is 1. The first-order valence-electron chi connectivity index (χ1n) is 7.46. The van der Waals surface area contributed by atoms with Crippen LogP contribution in [0.25, 0.3) is 28.4 Å². The first-order chi connectivity index (χ1) is 11.8. The lowest BCUT2D eigenvalue weighted by atomic mass is 10.1. The molecule has 0 amide bonds. The van der Waals surface area contributed by atoms with Crippen molar-refractivity contribution in [2.45, 2.75) is 4.90 Å². The van der Waals surface area contributed by atoms with E-state index in [1.807, 2.05) is 34.9 Å². The van der Waals surface area contributed by atoms with Gasteiger partial charge in [-0.2, -0.15) is 4.98 Å². The summed E-state index contributed by atoms with van der Waals surface area (Å²) in [6.45, 7) is 0. The average molecular weight is 333 g/mol. The zero-order chi connectivity index (χ0) is 16.5. The Bertz CT molecular complexity index is 1010. The fourth-order valence-electron chi connectivity index (χ4n) is 2.67. The highest BCUT2D eigenvalue weighted by molar-refractivity contribution is 7.98. The van der Waals surface area contributed by atoms with Crippen molar-refractivity contribution < 1.29 is 0 Å². The summed E-state index contributed by atoms with van der Waals surface area (Å²) in [6.07, 6.45) is 5.73. The molecule has 24 heavy (non-hydrogen) atoms. The molecule has 4 rings (SSSR count). The van der Waals surface area contributed by atoms with Crippen molar-refractivity contribution in [1.82, 2.24) is 19.4 Å². The number of rotatable bonds is 3. The zero-order valence-corrected chi connectivity index (χ0v) is 13.9. The molecule has 1 aromatic carbocycles. The fraction of sp³-hybridized carbons (Fsp3) is 0.0556. The quantitative estimate of drug-likeness (QED) is 0.578. The number of benzene rings is 1. The topological polar surface area (TPSA) is 69.1 Å². The zero-order valence-electron chi connectivity index (χ0n) is 13.0. The highest BCUT2D eigenvalue weighted by Gasteiger charge is 2.17. The van der Waals surface area contributed by atoms with E-state index in [4.69, 9.17) is 5.73 Å². The van der Waals surface area contributed by atoms with Crippen LogP contribution in [0.15, 0.2) is 65.8 Å². The second-order valence-electron chi connectivity index (χ2n) is 5.28. The molecule has 118 valence electrons. The monoisotopic (exact) mass is 333 g/mol. The van der Waals surface area contributed by atoms with E-state index >= 15 is 0 Å². The molecule has 3 heterocycles. The van der Waals surface area contributed by atoms with Gasteiger partial charge in [0.05, 0.1) is 11.4 Å². The van der Waals surface area contributed by atoms with Crippen molar-refractivity contribution in [2.75, 3.05) is 12.0 Å². The predicted octanol–water partition coefficient (Wildman–Crippen LogP) is 3.76. The van der Waals surface area contributed by atoms with Crippen LogP contribution in [0.3, 0.4) is 0 Å². The molecular formula is C18H15N5S. The molecule has 3 aromatic heterocycles. The van der Waals surface area contributed by atoms with Gasteiger partial charge in [0.25, 0.3) is 0 Å². The summed E-state index contributed by atoms with van der Waals surface area (Å²) < 4.78 is 1.96. The van der Waals surface area contributed by atoms with Crippen LogP contribution >= 0.6 is 11.8 Å². The molecule has 0 aliphatic rings. The molecule has 5 nitrogen and oxygen atoms in total. The summed E-state index contributed by atoms with van der Waals surface area (Å²) >= 11 is 1.71. The van der Waals surface area contributed by atoms with Crippen molar-refractivity contribution in [3.63, 3.8) is 0 Å². The summed E-state index contributed by atoms with van der Waals surface area (Å²) in [5.74, 6) is 1.02. The first kappa shape index (κ1) is 14.7. The van der Waals surface area contributed by atoms with Crippen molar-refractivity contribution in [3.05, 3.63) is 60.9 Å². The first-order valence-corrected chi connectivity index (χ1v) is 8.69. The SMILES string of the molecule is CSc1cccc(-c2c(-c3ccccn3)nc3nc(N)ccn23)c1. The number of anilines is 1. The number of nitrogens with zero attached hydrogens (tertiary/aromatic N) is 4. The molecule has 0 atom stereocenters. The Balaban J connectivity index is 2.04. The largest absolute Gasteiger partial charge is 0.384 e. The minimum absolute atomic E-state index is 0.449. The lowest BCUT2D eigenvalue weighted by molar-refractivity contribution is 1.12. The van der Waals surface area contributed by atoms with E-state index in [9.17, 15) is 0 Å². The highest BCUT2D eigenvalue weighted by atomic mass is 32.2. The maximum absolute atomic E-state index is 5.82. The molecule has 0 aliphatic heterocycles. The number of aromatic nitrogens is 4. The molecule has 0 fully saturated rings. The molecular weight excluding hydrogens is 318 g/mol. The van der Waals surface area contributed by atoms with Crippen molar-refractivity contribution in [2.24, 2.45) is 0 Å². The minimum Gasteiger partial charge on any atom is -0.384 e. The van der Waals surface area contributed by atoms with E-state index in [-0.39, 0.29) is 0 Å². The Morgan fingerprint density at radius 1 is 1.04 bits per heavy atom. The van der Waals surface area contributed by atoms with Gasteiger partial charge in [-0.3, -0.25) is 9.38 Å². The van der Waals surface area contributed by atoms with Crippen LogP contribution in [0.5, 0.6) is 0 Å². The number of pyridine rings is 1. The number of hydrogen-bond acceptors (Lipinski definition) is 5. The van der Waals surface area contributed by atoms with Crippen molar-refractivity contribution in [3.8, 4) is 22.6 Å². The summed E-state index contributed by atoms with van der Waals surface area (Å²) in [5.41, 5.74) is 9.47. The van der Waals surface area contributed by atoms with E-state index < -0.39 is 0 Å². The van der Waals surface area contributed by atoms with Gasteiger partial charge in [-0.25, -0.2) is 4.98 Å². The Morgan fingerprint density at radius 2 is 1.96 bits per heavy atom. The van der Waals surface area contributed by atoms with Gasteiger partial charge >= 0.3 is 0 Å². The van der Waals surface area contributed by atoms with Crippen LogP contribution in [0.2, 0.25) is 0 Å². The summed E-state index contributed by atoms with van der Waals surface area (Å²) in [5, 5.41) is 0. The van der Waals surface area contributed by atoms with Crippen LogP contribution in [0.1, 0.15) is 0 Å². The molecule has 0 radical (unpaired) electrons. The second-order valence-corrected chi connectivity index (χ2v) is 6.16. The maximum atomic E-state index is 5.82. The van der Waals surface area contributed by atoms with Gasteiger partial charge in [0.1, 0.15) is 11.5 Å². The predicted molar refractivity (Wildman–Crippen MR) is 97.8 cm³/mol. The lowest BCUT2D eigenvalue weighted by Crippen LogP contribution is -1.95. The van der Waals surface area contributed by atoms with E-state index in [1.165, 1.54) is 4.90 Å². The van der Waals surface area contributed by atoms with Crippen LogP contribution in [-0.2, 0) is 0 Å². The van der Waals surface area contributed by atoms with Crippen LogP contribution in [0, 0.1) is 0 Å². The van der Waals surface area contributed by atoms with Gasteiger partial charge in [0.2, 0.25) is 5.78 Å². The average Bonchev–Trinajstić information content (AvgIpc) is 3.01. The van der Waals surface area contributed by atoms with E-state index in [2.05, 4.69) is 39.4 Å². The van der Waals surface area contributed by atoms with E-state index in [0.717, 1.165) is 22.6 Å². The summed E-state index contributed by atoms with van der Waals surface area (Å²) in [7, 11) is 0. The van der Waals surface area contributed by atoms with Gasteiger partial charge < -0.3 is 5.73 Å². The summed E-state index contributed by atoms with van der Waals surface area (Å²) in [4.78, 5) is 14.7. The second kappa shape index (κ2) is 5.98. The molecule has 6 heteroatoms. The number of nitrogen functional groups attached to an aromatic ring is 1. The van der Waals surface area contributed by atoms with Crippen molar-refractivity contribution >= 4 is 23.4 Å². The van der Waals surface area contributed by atoms with Crippen LogP contribution in [0.4, 0.5) is 5.82 Å². The molecule has 0 spiro atoms. The Labute approximate surface area is 143 Å².